The summed E-state index contributed by atoms with van der Waals surface area (Å²) < 4.78 is 0. The molecule has 1 heteroatoms. The van der Waals surface area contributed by atoms with Crippen LogP contribution in [0.25, 0.3) is 4.85 Å². The highest BCUT2D eigenvalue weighted by molar-refractivity contribution is 4.92. The summed E-state index contributed by atoms with van der Waals surface area (Å²) in [4.78, 5) is 3.56. The zero-order chi connectivity index (χ0) is 8.32. The molecule has 1 rings (SSSR count). The molecule has 0 N–H and O–H groups in total. The number of rotatable bonds is 2. The smallest absolute Gasteiger partial charge is 0.220 e. The molecular weight excluding hydrogens is 134 g/mol. The molecule has 0 heterocycles. The first-order valence-corrected chi connectivity index (χ1v) is 4.54. The van der Waals surface area contributed by atoms with Gasteiger partial charge in [0.25, 0.3) is 0 Å². The maximum absolute atomic E-state index is 6.91. The number of hydrogen-bond acceptors (Lipinski definition) is 0. The van der Waals surface area contributed by atoms with Gasteiger partial charge in [-0.1, -0.05) is 26.7 Å². The van der Waals surface area contributed by atoms with Gasteiger partial charge in [0.05, 0.1) is 0 Å². The van der Waals surface area contributed by atoms with E-state index in [1.54, 1.807) is 0 Å². The minimum atomic E-state index is 0.391. The van der Waals surface area contributed by atoms with Crippen LogP contribution in [0.3, 0.4) is 0 Å². The molecule has 0 atom stereocenters. The van der Waals surface area contributed by atoms with Crippen LogP contribution in [0.4, 0.5) is 0 Å². The molecule has 0 spiro atoms. The third kappa shape index (κ3) is 1.56. The van der Waals surface area contributed by atoms with Gasteiger partial charge >= 0.3 is 0 Å². The highest BCUT2D eigenvalue weighted by Gasteiger charge is 2.39. The van der Waals surface area contributed by atoms with Crippen molar-refractivity contribution in [1.82, 2.24) is 0 Å². The van der Waals surface area contributed by atoms with Gasteiger partial charge in [-0.05, 0) is 18.8 Å². The first-order valence-electron chi connectivity index (χ1n) is 4.54. The molecule has 1 nitrogen and oxygen atoms in total. The first kappa shape index (κ1) is 8.59. The lowest BCUT2D eigenvalue weighted by Gasteiger charge is -2.27. The lowest BCUT2D eigenvalue weighted by atomic mass is 9.76. The summed E-state index contributed by atoms with van der Waals surface area (Å²) in [6.45, 7) is 12.2. The van der Waals surface area contributed by atoms with Crippen LogP contribution in [-0.2, 0) is 0 Å². The zero-order valence-electron chi connectivity index (χ0n) is 7.56. The SMILES string of the molecule is [C-]#[N+]CC1(C(C)C)CCCC1. The molecule has 0 aromatic rings. The van der Waals surface area contributed by atoms with Crippen molar-refractivity contribution in [2.75, 3.05) is 6.54 Å². The second kappa shape index (κ2) is 3.26. The Morgan fingerprint density at radius 2 is 1.91 bits per heavy atom. The first-order chi connectivity index (χ1) is 5.21. The molecule has 0 unspecified atom stereocenters. The Balaban J connectivity index is 2.64. The lowest BCUT2D eigenvalue weighted by Crippen LogP contribution is -2.26. The predicted octanol–water partition coefficient (Wildman–Crippen LogP) is 3.12. The summed E-state index contributed by atoms with van der Waals surface area (Å²) >= 11 is 0. The molecule has 62 valence electrons. The van der Waals surface area contributed by atoms with E-state index < -0.39 is 0 Å². The molecule has 1 fully saturated rings. The van der Waals surface area contributed by atoms with Gasteiger partial charge in [-0.2, -0.15) is 0 Å². The average molecular weight is 151 g/mol. The Morgan fingerprint density at radius 3 is 2.27 bits per heavy atom. The van der Waals surface area contributed by atoms with Crippen LogP contribution < -0.4 is 0 Å². The van der Waals surface area contributed by atoms with Crippen LogP contribution in [0.15, 0.2) is 0 Å². The standard InChI is InChI=1S/C10H17N/c1-9(2)10(8-11-3)6-4-5-7-10/h9H,4-8H2,1-2H3. The predicted molar refractivity (Wildman–Crippen MR) is 47.2 cm³/mol. The van der Waals surface area contributed by atoms with Crippen molar-refractivity contribution in [2.24, 2.45) is 11.3 Å². The Labute approximate surface area is 69.6 Å². The van der Waals surface area contributed by atoms with Gasteiger partial charge in [0.2, 0.25) is 6.54 Å². The molecule has 0 radical (unpaired) electrons. The van der Waals surface area contributed by atoms with Crippen molar-refractivity contribution in [2.45, 2.75) is 39.5 Å². The summed E-state index contributed by atoms with van der Waals surface area (Å²) in [6.07, 6.45) is 5.25. The highest BCUT2D eigenvalue weighted by atomic mass is 14.7. The van der Waals surface area contributed by atoms with Crippen LogP contribution >= 0.6 is 0 Å². The normalized spacial score (nSPS) is 22.0. The van der Waals surface area contributed by atoms with E-state index in [0.717, 1.165) is 6.54 Å². The summed E-state index contributed by atoms with van der Waals surface area (Å²) in [5, 5.41) is 0. The van der Waals surface area contributed by atoms with Crippen molar-refractivity contribution >= 4 is 0 Å². The quantitative estimate of drug-likeness (QED) is 0.534. The van der Waals surface area contributed by atoms with Crippen LogP contribution in [0.1, 0.15) is 39.5 Å². The molecule has 0 bridgehead atoms. The van der Waals surface area contributed by atoms with E-state index in [2.05, 4.69) is 18.7 Å². The van der Waals surface area contributed by atoms with E-state index in [1.807, 2.05) is 0 Å². The molecule has 0 saturated heterocycles. The van der Waals surface area contributed by atoms with Crippen LogP contribution in [-0.4, -0.2) is 6.54 Å². The van der Waals surface area contributed by atoms with Crippen LogP contribution in [0, 0.1) is 17.9 Å². The molecular formula is C10H17N. The Morgan fingerprint density at radius 1 is 1.36 bits per heavy atom. The molecule has 1 aliphatic carbocycles. The molecule has 0 aliphatic heterocycles. The van der Waals surface area contributed by atoms with E-state index in [4.69, 9.17) is 6.57 Å². The maximum atomic E-state index is 6.91. The van der Waals surface area contributed by atoms with Crippen molar-refractivity contribution < 1.29 is 0 Å². The Bertz CT molecular complexity index is 158. The van der Waals surface area contributed by atoms with Crippen LogP contribution in [0.5, 0.6) is 0 Å². The molecule has 0 aromatic carbocycles. The van der Waals surface area contributed by atoms with Crippen molar-refractivity contribution in [3.8, 4) is 0 Å². The zero-order valence-corrected chi connectivity index (χ0v) is 7.56. The fourth-order valence-electron chi connectivity index (χ4n) is 2.15. The summed E-state index contributed by atoms with van der Waals surface area (Å²) in [5.41, 5.74) is 0.391. The topological polar surface area (TPSA) is 4.36 Å². The number of hydrogen-bond donors (Lipinski definition) is 0. The Hall–Kier alpha value is -0.510. The fourth-order valence-corrected chi connectivity index (χ4v) is 2.15. The van der Waals surface area contributed by atoms with Crippen molar-refractivity contribution in [3.63, 3.8) is 0 Å². The minimum Gasteiger partial charge on any atom is -0.316 e. The van der Waals surface area contributed by atoms with Gasteiger partial charge in [-0.15, -0.1) is 0 Å². The van der Waals surface area contributed by atoms with E-state index in [0.29, 0.717) is 11.3 Å². The summed E-state index contributed by atoms with van der Waals surface area (Å²) in [5.74, 6) is 0.694. The van der Waals surface area contributed by atoms with Crippen molar-refractivity contribution in [3.05, 3.63) is 11.4 Å². The second-order valence-electron chi connectivity index (χ2n) is 4.04. The molecule has 1 aliphatic rings. The Kier molecular flexibility index (Phi) is 2.54. The van der Waals surface area contributed by atoms with E-state index in [-0.39, 0.29) is 0 Å². The molecule has 0 aromatic heterocycles. The number of nitrogens with zero attached hydrogens (tertiary/aromatic N) is 1. The van der Waals surface area contributed by atoms with Crippen molar-refractivity contribution in [1.29, 1.82) is 0 Å². The van der Waals surface area contributed by atoms with Gasteiger partial charge in [-0.3, -0.25) is 0 Å². The van der Waals surface area contributed by atoms with E-state index in [9.17, 15) is 0 Å². The lowest BCUT2D eigenvalue weighted by molar-refractivity contribution is 0.221. The van der Waals surface area contributed by atoms with E-state index >= 15 is 0 Å². The average Bonchev–Trinajstić information content (AvgIpc) is 2.38. The minimum absolute atomic E-state index is 0.391. The van der Waals surface area contributed by atoms with Gasteiger partial charge in [-0.25, -0.2) is 6.57 Å². The third-order valence-corrected chi connectivity index (χ3v) is 3.22. The van der Waals surface area contributed by atoms with Crippen LogP contribution in [0.2, 0.25) is 0 Å². The fraction of sp³-hybridized carbons (Fsp3) is 0.900. The summed E-state index contributed by atoms with van der Waals surface area (Å²) in [7, 11) is 0. The van der Waals surface area contributed by atoms with E-state index in [1.165, 1.54) is 25.7 Å². The largest absolute Gasteiger partial charge is 0.316 e. The van der Waals surface area contributed by atoms with Gasteiger partial charge < -0.3 is 4.85 Å². The van der Waals surface area contributed by atoms with Gasteiger partial charge in [0.15, 0.2) is 0 Å². The second-order valence-corrected chi connectivity index (χ2v) is 4.04. The summed E-state index contributed by atoms with van der Waals surface area (Å²) in [6, 6.07) is 0. The third-order valence-electron chi connectivity index (χ3n) is 3.22. The van der Waals surface area contributed by atoms with Gasteiger partial charge in [0, 0.05) is 5.41 Å². The monoisotopic (exact) mass is 151 g/mol. The van der Waals surface area contributed by atoms with Gasteiger partial charge in [0.1, 0.15) is 0 Å². The highest BCUT2D eigenvalue weighted by Crippen LogP contribution is 2.44. The molecule has 11 heavy (non-hydrogen) atoms. The maximum Gasteiger partial charge on any atom is 0.220 e. The molecule has 0 amide bonds. The molecule has 1 saturated carbocycles.